The first-order valence-electron chi connectivity index (χ1n) is 8.81. The molecule has 0 aliphatic heterocycles. The molecule has 0 radical (unpaired) electrons. The van der Waals surface area contributed by atoms with Crippen LogP contribution >= 0.6 is 11.3 Å². The lowest BCUT2D eigenvalue weighted by Crippen LogP contribution is -2.23. The van der Waals surface area contributed by atoms with E-state index in [0.29, 0.717) is 23.5 Å². The van der Waals surface area contributed by atoms with E-state index in [4.69, 9.17) is 4.74 Å². The molecule has 0 saturated carbocycles. The predicted molar refractivity (Wildman–Crippen MR) is 111 cm³/mol. The van der Waals surface area contributed by atoms with E-state index >= 15 is 0 Å². The van der Waals surface area contributed by atoms with Crippen molar-refractivity contribution in [3.63, 3.8) is 0 Å². The summed E-state index contributed by atoms with van der Waals surface area (Å²) in [7, 11) is -3.89. The molecule has 0 saturated heterocycles. The van der Waals surface area contributed by atoms with Crippen molar-refractivity contribution in [3.05, 3.63) is 65.2 Å². The maximum atomic E-state index is 12.5. The van der Waals surface area contributed by atoms with Crippen molar-refractivity contribution in [3.8, 4) is 5.75 Å². The number of sulfonamides is 1. The van der Waals surface area contributed by atoms with Crippen molar-refractivity contribution in [2.75, 3.05) is 11.9 Å². The van der Waals surface area contributed by atoms with Gasteiger partial charge in [-0.05, 0) is 32.0 Å². The molecule has 10 heteroatoms. The van der Waals surface area contributed by atoms with Crippen LogP contribution in [0.4, 0.5) is 5.13 Å². The summed E-state index contributed by atoms with van der Waals surface area (Å²) in [6, 6.07) is 14.2. The Morgan fingerprint density at radius 1 is 1.14 bits per heavy atom. The third-order valence-electron chi connectivity index (χ3n) is 3.86. The van der Waals surface area contributed by atoms with Gasteiger partial charge in [0.1, 0.15) is 5.75 Å². The fraction of sp³-hybridized carbons (Fsp3) is 0.211. The standard InChI is InChI=1S/C19H20N4O4S2/c1-3-27-16-10-5-4-8-15(16)12-20-29(25,26)19-23-22-18(28-19)21-17(24)14-9-6-7-13(2)11-14/h4-11,20H,3,12H2,1-2H3,(H,21,22,24). The Bertz CT molecular complexity index is 1110. The van der Waals surface area contributed by atoms with E-state index in [-0.39, 0.29) is 21.9 Å². The lowest BCUT2D eigenvalue weighted by molar-refractivity contribution is 0.102. The fourth-order valence-electron chi connectivity index (χ4n) is 2.51. The predicted octanol–water partition coefficient (Wildman–Crippen LogP) is 2.98. The number of nitrogens with zero attached hydrogens (tertiary/aromatic N) is 2. The van der Waals surface area contributed by atoms with E-state index in [1.807, 2.05) is 26.0 Å². The summed E-state index contributed by atoms with van der Waals surface area (Å²) in [5.74, 6) is 0.230. The SMILES string of the molecule is CCOc1ccccc1CNS(=O)(=O)c1nnc(NC(=O)c2cccc(C)c2)s1. The second-order valence-electron chi connectivity index (χ2n) is 6.06. The van der Waals surface area contributed by atoms with Crippen molar-refractivity contribution in [2.24, 2.45) is 0 Å². The van der Waals surface area contributed by atoms with Crippen molar-refractivity contribution < 1.29 is 17.9 Å². The van der Waals surface area contributed by atoms with Crippen molar-refractivity contribution in [1.82, 2.24) is 14.9 Å². The Kier molecular flexibility index (Phi) is 6.57. The number of anilines is 1. The van der Waals surface area contributed by atoms with Gasteiger partial charge in [0, 0.05) is 17.7 Å². The molecule has 0 atom stereocenters. The molecule has 8 nitrogen and oxygen atoms in total. The summed E-state index contributed by atoms with van der Waals surface area (Å²) in [6.45, 7) is 4.25. The van der Waals surface area contributed by atoms with Gasteiger partial charge in [-0.2, -0.15) is 0 Å². The molecule has 0 bridgehead atoms. The lowest BCUT2D eigenvalue weighted by Gasteiger charge is -2.10. The molecule has 0 spiro atoms. The minimum atomic E-state index is -3.89. The largest absolute Gasteiger partial charge is 0.494 e. The van der Waals surface area contributed by atoms with Crippen molar-refractivity contribution in [1.29, 1.82) is 0 Å². The normalized spacial score (nSPS) is 11.2. The summed E-state index contributed by atoms with van der Waals surface area (Å²) in [6.07, 6.45) is 0. The van der Waals surface area contributed by atoms with Crippen LogP contribution in [0.1, 0.15) is 28.4 Å². The molecule has 29 heavy (non-hydrogen) atoms. The quantitative estimate of drug-likeness (QED) is 0.530. The van der Waals surface area contributed by atoms with Crippen LogP contribution in [0.15, 0.2) is 52.9 Å². The zero-order chi connectivity index (χ0) is 20.9. The van der Waals surface area contributed by atoms with Crippen molar-refractivity contribution in [2.45, 2.75) is 24.7 Å². The molecule has 0 aliphatic carbocycles. The van der Waals surface area contributed by atoms with Crippen LogP contribution in [0.2, 0.25) is 0 Å². The number of rotatable bonds is 8. The topological polar surface area (TPSA) is 110 Å². The molecule has 1 aromatic heterocycles. The molecular weight excluding hydrogens is 412 g/mol. The number of hydrogen-bond donors (Lipinski definition) is 2. The zero-order valence-corrected chi connectivity index (χ0v) is 17.5. The van der Waals surface area contributed by atoms with Crippen LogP contribution in [-0.2, 0) is 16.6 Å². The van der Waals surface area contributed by atoms with Gasteiger partial charge in [-0.25, -0.2) is 13.1 Å². The first-order valence-corrected chi connectivity index (χ1v) is 11.1. The van der Waals surface area contributed by atoms with E-state index in [9.17, 15) is 13.2 Å². The zero-order valence-electron chi connectivity index (χ0n) is 15.9. The van der Waals surface area contributed by atoms with Gasteiger partial charge < -0.3 is 4.74 Å². The Morgan fingerprint density at radius 3 is 2.69 bits per heavy atom. The van der Waals surface area contributed by atoms with Gasteiger partial charge in [-0.1, -0.05) is 47.2 Å². The Hall–Kier alpha value is -2.82. The summed E-state index contributed by atoms with van der Waals surface area (Å²) in [4.78, 5) is 12.3. The number of nitrogens with one attached hydrogen (secondary N) is 2. The Balaban J connectivity index is 1.68. The highest BCUT2D eigenvalue weighted by Gasteiger charge is 2.21. The van der Waals surface area contributed by atoms with Gasteiger partial charge in [-0.3, -0.25) is 10.1 Å². The highest BCUT2D eigenvalue weighted by Crippen LogP contribution is 2.22. The van der Waals surface area contributed by atoms with Crippen molar-refractivity contribution >= 4 is 32.4 Å². The number of benzene rings is 2. The molecule has 152 valence electrons. The number of aromatic nitrogens is 2. The van der Waals surface area contributed by atoms with Crippen LogP contribution in [0.25, 0.3) is 0 Å². The van der Waals surface area contributed by atoms with Crippen LogP contribution in [-0.4, -0.2) is 31.1 Å². The van der Waals surface area contributed by atoms with Gasteiger partial charge >= 0.3 is 0 Å². The summed E-state index contributed by atoms with van der Waals surface area (Å²) < 4.78 is 32.8. The Morgan fingerprint density at radius 2 is 1.93 bits per heavy atom. The number of carbonyl (C=O) groups excluding carboxylic acids is 1. The van der Waals surface area contributed by atoms with E-state index < -0.39 is 10.0 Å². The number of hydrogen-bond acceptors (Lipinski definition) is 7. The number of ether oxygens (including phenoxy) is 1. The van der Waals surface area contributed by atoms with E-state index in [1.165, 1.54) is 0 Å². The smallest absolute Gasteiger partial charge is 0.270 e. The minimum absolute atomic E-state index is 0.0447. The lowest BCUT2D eigenvalue weighted by atomic mass is 10.1. The molecular formula is C19H20N4O4S2. The number of aryl methyl sites for hydroxylation is 1. The summed E-state index contributed by atoms with van der Waals surface area (Å²) in [5.41, 5.74) is 2.10. The number of para-hydroxylation sites is 1. The first-order chi connectivity index (χ1) is 13.9. The third-order valence-corrected chi connectivity index (χ3v) is 6.47. The second-order valence-corrected chi connectivity index (χ2v) is 8.98. The highest BCUT2D eigenvalue weighted by atomic mass is 32.2. The van der Waals surface area contributed by atoms with Crippen LogP contribution in [0.3, 0.4) is 0 Å². The molecule has 0 fully saturated rings. The van der Waals surface area contributed by atoms with E-state index in [0.717, 1.165) is 16.9 Å². The maximum absolute atomic E-state index is 12.5. The second kappa shape index (κ2) is 9.12. The van der Waals surface area contributed by atoms with Gasteiger partial charge in [0.25, 0.3) is 15.9 Å². The number of amides is 1. The average molecular weight is 433 g/mol. The van der Waals surface area contributed by atoms with Crippen LogP contribution in [0, 0.1) is 6.92 Å². The highest BCUT2D eigenvalue weighted by molar-refractivity contribution is 7.91. The monoisotopic (exact) mass is 432 g/mol. The van der Waals surface area contributed by atoms with Gasteiger partial charge in [0.05, 0.1) is 6.61 Å². The molecule has 2 N–H and O–H groups in total. The fourth-order valence-corrected chi connectivity index (χ4v) is 4.45. The van der Waals surface area contributed by atoms with Gasteiger partial charge in [0.15, 0.2) is 0 Å². The van der Waals surface area contributed by atoms with E-state index in [2.05, 4.69) is 20.2 Å². The molecule has 3 aromatic rings. The minimum Gasteiger partial charge on any atom is -0.494 e. The van der Waals surface area contributed by atoms with Crippen LogP contribution < -0.4 is 14.8 Å². The van der Waals surface area contributed by atoms with Crippen LogP contribution in [0.5, 0.6) is 5.75 Å². The molecule has 1 heterocycles. The average Bonchev–Trinajstić information content (AvgIpc) is 3.17. The van der Waals surface area contributed by atoms with E-state index in [1.54, 1.807) is 36.4 Å². The Labute approximate surface area is 173 Å². The third kappa shape index (κ3) is 5.37. The summed E-state index contributed by atoms with van der Waals surface area (Å²) in [5, 5.41) is 10.1. The number of carbonyl (C=O) groups is 1. The van der Waals surface area contributed by atoms with Gasteiger partial charge in [-0.15, -0.1) is 10.2 Å². The van der Waals surface area contributed by atoms with Gasteiger partial charge in [0.2, 0.25) is 9.47 Å². The molecule has 2 aromatic carbocycles. The molecule has 1 amide bonds. The summed E-state index contributed by atoms with van der Waals surface area (Å²) >= 11 is 0.781. The molecule has 0 unspecified atom stereocenters. The maximum Gasteiger partial charge on any atom is 0.270 e. The molecule has 0 aliphatic rings. The first kappa shape index (κ1) is 20.9. The molecule has 3 rings (SSSR count).